The van der Waals surface area contributed by atoms with Gasteiger partial charge in [0.05, 0.1) is 11.8 Å². The van der Waals surface area contributed by atoms with E-state index < -0.39 is 42.0 Å². The van der Waals surface area contributed by atoms with Crippen molar-refractivity contribution in [1.82, 2.24) is 0 Å². The molecule has 0 saturated heterocycles. The van der Waals surface area contributed by atoms with Gasteiger partial charge >= 0.3 is 17.9 Å². The molecule has 168 valence electrons. The summed E-state index contributed by atoms with van der Waals surface area (Å²) in [5, 5.41) is 9.24. The Morgan fingerprint density at radius 1 is 0.862 bits per heavy atom. The van der Waals surface area contributed by atoms with Gasteiger partial charge in [0.25, 0.3) is 0 Å². The van der Waals surface area contributed by atoms with Gasteiger partial charge in [-0.2, -0.15) is 0 Å². The lowest BCUT2D eigenvalue weighted by atomic mass is 9.92. The average Bonchev–Trinajstić information content (AvgIpc) is 2.61. The van der Waals surface area contributed by atoms with E-state index in [1.54, 1.807) is 20.8 Å². The first-order chi connectivity index (χ1) is 13.4. The minimum atomic E-state index is -1.03. The largest absolute Gasteiger partial charge is 0.481 e. The number of carbonyl (C=O) groups excluding carboxylic acids is 2. The maximum absolute atomic E-state index is 12.6. The molecule has 9 nitrogen and oxygen atoms in total. The van der Waals surface area contributed by atoms with Crippen molar-refractivity contribution in [2.45, 2.75) is 73.0 Å². The van der Waals surface area contributed by atoms with Gasteiger partial charge in [-0.05, 0) is 38.5 Å². The standard InChI is InChI=1S/C20H37N3O6/c1-11(2)16(13(5)18(25)26)29-19(27)14(6)17(12(3)4)28-15(24)9-7-8-10-23-20(21)22/h11-14,16-17H,7-10H2,1-6H3,(H,25,26)(H4,21,22,23). The van der Waals surface area contributed by atoms with Gasteiger partial charge in [-0.1, -0.05) is 27.7 Å². The fourth-order valence-corrected chi connectivity index (χ4v) is 2.95. The summed E-state index contributed by atoms with van der Waals surface area (Å²) in [4.78, 5) is 39.9. The zero-order chi connectivity index (χ0) is 22.7. The van der Waals surface area contributed by atoms with E-state index in [-0.39, 0.29) is 24.2 Å². The van der Waals surface area contributed by atoms with Crippen LogP contribution >= 0.6 is 0 Å². The normalized spacial score (nSPS) is 15.3. The molecule has 0 aliphatic rings. The first-order valence-corrected chi connectivity index (χ1v) is 10.1. The van der Waals surface area contributed by atoms with E-state index in [0.717, 1.165) is 0 Å². The van der Waals surface area contributed by atoms with Gasteiger partial charge in [-0.15, -0.1) is 0 Å². The number of rotatable bonds is 13. The summed E-state index contributed by atoms with van der Waals surface area (Å²) in [5.74, 6) is -3.84. The molecule has 0 aliphatic heterocycles. The number of guanidine groups is 1. The van der Waals surface area contributed by atoms with Gasteiger partial charge in [0.15, 0.2) is 5.96 Å². The Morgan fingerprint density at radius 2 is 1.38 bits per heavy atom. The number of unbranched alkanes of at least 4 members (excludes halogenated alkanes) is 1. The maximum atomic E-state index is 12.6. The van der Waals surface area contributed by atoms with Crippen LogP contribution in [0.4, 0.5) is 0 Å². The fraction of sp³-hybridized carbons (Fsp3) is 0.800. The Morgan fingerprint density at radius 3 is 1.83 bits per heavy atom. The quantitative estimate of drug-likeness (QED) is 0.178. The van der Waals surface area contributed by atoms with Crippen LogP contribution in [0.1, 0.15) is 60.8 Å². The molecule has 0 bridgehead atoms. The van der Waals surface area contributed by atoms with Crippen molar-refractivity contribution < 1.29 is 29.0 Å². The highest BCUT2D eigenvalue weighted by atomic mass is 16.6. The highest BCUT2D eigenvalue weighted by Crippen LogP contribution is 2.23. The number of hydrogen-bond donors (Lipinski definition) is 3. The molecule has 4 atom stereocenters. The summed E-state index contributed by atoms with van der Waals surface area (Å²) in [6.45, 7) is 10.9. The van der Waals surface area contributed by atoms with Crippen LogP contribution in [0, 0.1) is 23.7 Å². The van der Waals surface area contributed by atoms with Crippen LogP contribution in [0.25, 0.3) is 0 Å². The van der Waals surface area contributed by atoms with Crippen LogP contribution in [-0.2, 0) is 23.9 Å². The fourth-order valence-electron chi connectivity index (χ4n) is 2.95. The summed E-state index contributed by atoms with van der Waals surface area (Å²) in [6.07, 6.45) is -0.0391. The molecule has 0 spiro atoms. The lowest BCUT2D eigenvalue weighted by Gasteiger charge is -2.30. The third kappa shape index (κ3) is 10.1. The second-order valence-corrected chi connectivity index (χ2v) is 8.02. The van der Waals surface area contributed by atoms with Crippen molar-refractivity contribution in [2.24, 2.45) is 40.1 Å². The molecule has 29 heavy (non-hydrogen) atoms. The number of carboxylic acids is 1. The number of nitrogens with zero attached hydrogens (tertiary/aromatic N) is 1. The zero-order valence-electron chi connectivity index (χ0n) is 18.4. The summed E-state index contributed by atoms with van der Waals surface area (Å²) in [5.41, 5.74) is 10.5. The molecule has 0 aromatic rings. The van der Waals surface area contributed by atoms with Crippen molar-refractivity contribution >= 4 is 23.9 Å². The van der Waals surface area contributed by atoms with Crippen molar-refractivity contribution in [3.05, 3.63) is 0 Å². The van der Waals surface area contributed by atoms with Crippen molar-refractivity contribution in [3.63, 3.8) is 0 Å². The van der Waals surface area contributed by atoms with Crippen LogP contribution in [0.5, 0.6) is 0 Å². The predicted molar refractivity (Wildman–Crippen MR) is 110 cm³/mol. The van der Waals surface area contributed by atoms with Crippen LogP contribution in [0.2, 0.25) is 0 Å². The minimum Gasteiger partial charge on any atom is -0.481 e. The summed E-state index contributed by atoms with van der Waals surface area (Å²) in [6, 6.07) is 0. The number of hydrogen-bond acceptors (Lipinski definition) is 6. The number of ether oxygens (including phenoxy) is 2. The predicted octanol–water partition coefficient (Wildman–Crippen LogP) is 1.92. The molecule has 0 radical (unpaired) electrons. The molecular formula is C20H37N3O6. The molecule has 9 heteroatoms. The van der Waals surface area contributed by atoms with E-state index in [0.29, 0.717) is 19.4 Å². The number of nitrogens with two attached hydrogens (primary N) is 2. The first kappa shape index (κ1) is 26.7. The van der Waals surface area contributed by atoms with Crippen LogP contribution in [0.15, 0.2) is 4.99 Å². The van der Waals surface area contributed by atoms with Gasteiger partial charge in [-0.3, -0.25) is 19.4 Å². The second kappa shape index (κ2) is 13.0. The van der Waals surface area contributed by atoms with Crippen LogP contribution in [-0.4, -0.2) is 47.7 Å². The highest BCUT2D eigenvalue weighted by Gasteiger charge is 2.36. The molecule has 5 N–H and O–H groups in total. The van der Waals surface area contributed by atoms with Gasteiger partial charge in [0, 0.05) is 13.0 Å². The maximum Gasteiger partial charge on any atom is 0.312 e. The van der Waals surface area contributed by atoms with Gasteiger partial charge in [0.1, 0.15) is 12.2 Å². The summed E-state index contributed by atoms with van der Waals surface area (Å²) < 4.78 is 11.0. The van der Waals surface area contributed by atoms with Crippen molar-refractivity contribution in [1.29, 1.82) is 0 Å². The number of aliphatic imine (C=N–C) groups is 1. The van der Waals surface area contributed by atoms with Crippen molar-refractivity contribution in [3.8, 4) is 0 Å². The Balaban J connectivity index is 4.87. The first-order valence-electron chi connectivity index (χ1n) is 10.1. The van der Waals surface area contributed by atoms with Gasteiger partial charge < -0.3 is 26.0 Å². The lowest BCUT2D eigenvalue weighted by Crippen LogP contribution is -2.40. The SMILES string of the molecule is CC(C)C(OC(=O)C(C)C(OC(=O)CCCCN=C(N)N)C(C)C)C(C)C(=O)O. The molecule has 0 aromatic heterocycles. The molecule has 0 rings (SSSR count). The second-order valence-electron chi connectivity index (χ2n) is 8.02. The van der Waals surface area contributed by atoms with E-state index in [1.165, 1.54) is 6.92 Å². The molecule has 4 unspecified atom stereocenters. The number of esters is 2. The van der Waals surface area contributed by atoms with E-state index in [4.69, 9.17) is 20.9 Å². The number of aliphatic carboxylic acids is 1. The summed E-state index contributed by atoms with van der Waals surface area (Å²) >= 11 is 0. The van der Waals surface area contributed by atoms with Crippen LogP contribution < -0.4 is 11.5 Å². The van der Waals surface area contributed by atoms with Gasteiger partial charge in [0.2, 0.25) is 0 Å². The molecule has 0 amide bonds. The highest BCUT2D eigenvalue weighted by molar-refractivity contribution is 5.76. The average molecular weight is 416 g/mol. The topological polar surface area (TPSA) is 154 Å². The van der Waals surface area contributed by atoms with Crippen LogP contribution in [0.3, 0.4) is 0 Å². The number of carbonyl (C=O) groups is 3. The molecule has 0 aliphatic carbocycles. The molecular weight excluding hydrogens is 378 g/mol. The van der Waals surface area contributed by atoms with E-state index in [1.807, 2.05) is 13.8 Å². The lowest BCUT2D eigenvalue weighted by molar-refractivity contribution is -0.172. The molecule has 0 fully saturated rings. The third-order valence-electron chi connectivity index (χ3n) is 4.66. The Labute approximate surface area is 173 Å². The zero-order valence-corrected chi connectivity index (χ0v) is 18.4. The molecule has 0 aromatic carbocycles. The summed E-state index contributed by atoms with van der Waals surface area (Å²) in [7, 11) is 0. The third-order valence-corrected chi connectivity index (χ3v) is 4.66. The number of carboxylic acid groups (broad SMARTS) is 1. The Hall–Kier alpha value is -2.32. The van der Waals surface area contributed by atoms with E-state index >= 15 is 0 Å². The monoisotopic (exact) mass is 415 g/mol. The molecule has 0 saturated carbocycles. The Bertz CT molecular complexity index is 573. The Kier molecular flexibility index (Phi) is 12.0. The van der Waals surface area contributed by atoms with E-state index in [2.05, 4.69) is 4.99 Å². The smallest absolute Gasteiger partial charge is 0.312 e. The van der Waals surface area contributed by atoms with E-state index in [9.17, 15) is 19.5 Å². The van der Waals surface area contributed by atoms with Crippen molar-refractivity contribution in [2.75, 3.05) is 6.54 Å². The van der Waals surface area contributed by atoms with Gasteiger partial charge in [-0.25, -0.2) is 0 Å². The molecule has 0 heterocycles. The minimum absolute atomic E-state index is 0.0108.